The highest BCUT2D eigenvalue weighted by Gasteiger charge is 2.29. The van der Waals surface area contributed by atoms with Crippen molar-refractivity contribution in [1.82, 2.24) is 0 Å². The minimum absolute atomic E-state index is 0.0721. The molecule has 0 spiro atoms. The lowest BCUT2D eigenvalue weighted by molar-refractivity contribution is -0.113. The Morgan fingerprint density at radius 2 is 1.88 bits per heavy atom. The lowest BCUT2D eigenvalue weighted by atomic mass is 9.94. The summed E-state index contributed by atoms with van der Waals surface area (Å²) in [6, 6.07) is 14.3. The average molecular weight is 347 g/mol. The smallest absolute Gasteiger partial charge is 0.0854 e. The van der Waals surface area contributed by atoms with Gasteiger partial charge in [-0.3, -0.25) is 0 Å². The van der Waals surface area contributed by atoms with Crippen molar-refractivity contribution in [1.29, 1.82) is 0 Å². The van der Waals surface area contributed by atoms with Gasteiger partial charge in [0, 0.05) is 17.9 Å². The predicted molar refractivity (Wildman–Crippen MR) is 95.4 cm³/mol. The number of aryl methyl sites for hydroxylation is 1. The van der Waals surface area contributed by atoms with Gasteiger partial charge in [-0.1, -0.05) is 53.6 Å². The largest absolute Gasteiger partial charge is 0.394 e. The first-order chi connectivity index (χ1) is 11.5. The second kappa shape index (κ2) is 7.66. The highest BCUT2D eigenvalue weighted by molar-refractivity contribution is 6.31. The minimum atomic E-state index is -0.447. The van der Waals surface area contributed by atoms with Crippen molar-refractivity contribution in [3.05, 3.63) is 69.7 Å². The van der Waals surface area contributed by atoms with Crippen LogP contribution in [0.5, 0.6) is 0 Å². The first-order valence-electron chi connectivity index (χ1n) is 8.33. The molecular weight excluding hydrogens is 324 g/mol. The number of hydrogen-bond donors (Lipinski definition) is 2. The maximum atomic E-state index is 10.0. The molecule has 2 aromatic carbocycles. The van der Waals surface area contributed by atoms with Gasteiger partial charge in [0.15, 0.2) is 0 Å². The molecule has 4 heteroatoms. The van der Waals surface area contributed by atoms with Crippen molar-refractivity contribution in [3.63, 3.8) is 0 Å². The highest BCUT2D eigenvalue weighted by atomic mass is 35.5. The van der Waals surface area contributed by atoms with Gasteiger partial charge in [-0.25, -0.2) is 0 Å². The van der Waals surface area contributed by atoms with E-state index in [0.717, 1.165) is 22.6 Å². The molecule has 128 valence electrons. The fourth-order valence-corrected chi connectivity index (χ4v) is 3.36. The summed E-state index contributed by atoms with van der Waals surface area (Å²) in [4.78, 5) is 0. The van der Waals surface area contributed by atoms with Gasteiger partial charge in [0.2, 0.25) is 0 Å². The number of ether oxygens (including phenoxy) is 1. The van der Waals surface area contributed by atoms with E-state index in [1.807, 2.05) is 12.1 Å². The number of halogens is 1. The van der Waals surface area contributed by atoms with Crippen LogP contribution in [0.3, 0.4) is 0 Å². The number of rotatable bonds is 4. The Hall–Kier alpha value is -1.39. The van der Waals surface area contributed by atoms with E-state index in [2.05, 4.69) is 37.3 Å². The molecule has 0 bridgehead atoms. The van der Waals surface area contributed by atoms with E-state index in [4.69, 9.17) is 16.3 Å². The predicted octanol–water partition coefficient (Wildman–Crippen LogP) is 3.81. The molecular formula is C20H23ClO3. The molecule has 1 aliphatic heterocycles. The Morgan fingerprint density at radius 1 is 1.12 bits per heavy atom. The molecule has 0 aliphatic carbocycles. The van der Waals surface area contributed by atoms with Crippen LogP contribution in [-0.4, -0.2) is 29.0 Å². The van der Waals surface area contributed by atoms with Crippen LogP contribution in [0.15, 0.2) is 42.5 Å². The number of benzene rings is 2. The van der Waals surface area contributed by atoms with E-state index in [1.165, 1.54) is 11.1 Å². The van der Waals surface area contributed by atoms with Crippen molar-refractivity contribution in [3.8, 4) is 0 Å². The molecule has 1 fully saturated rings. The molecule has 24 heavy (non-hydrogen) atoms. The number of aliphatic hydroxyl groups excluding tert-OH is 2. The van der Waals surface area contributed by atoms with Crippen molar-refractivity contribution in [2.75, 3.05) is 6.61 Å². The molecule has 3 nitrogen and oxygen atoms in total. The van der Waals surface area contributed by atoms with Gasteiger partial charge in [0.1, 0.15) is 0 Å². The molecule has 1 saturated heterocycles. The summed E-state index contributed by atoms with van der Waals surface area (Å²) in [5.74, 6) is 0. The topological polar surface area (TPSA) is 49.7 Å². The summed E-state index contributed by atoms with van der Waals surface area (Å²) in [5.41, 5.74) is 4.48. The summed E-state index contributed by atoms with van der Waals surface area (Å²) in [6.07, 6.45) is 0.817. The van der Waals surface area contributed by atoms with Crippen LogP contribution in [0.1, 0.15) is 41.2 Å². The number of hydrogen-bond acceptors (Lipinski definition) is 3. The van der Waals surface area contributed by atoms with Crippen LogP contribution in [0.25, 0.3) is 0 Å². The van der Waals surface area contributed by atoms with Crippen LogP contribution in [-0.2, 0) is 11.2 Å². The Balaban J connectivity index is 1.81. The van der Waals surface area contributed by atoms with Gasteiger partial charge < -0.3 is 14.9 Å². The first-order valence-corrected chi connectivity index (χ1v) is 8.71. The van der Waals surface area contributed by atoms with Crippen molar-refractivity contribution in [2.24, 2.45) is 0 Å². The van der Waals surface area contributed by atoms with E-state index >= 15 is 0 Å². The normalized spacial score (nSPS) is 24.1. The third-order valence-electron chi connectivity index (χ3n) is 4.54. The fraction of sp³-hybridized carbons (Fsp3) is 0.400. The SMILES string of the molecule is Cc1ccc(Cc2cc([C@H]3C[C@@H](O)C[C@@H](CO)O3)ccc2Cl)cc1. The third-order valence-corrected chi connectivity index (χ3v) is 4.91. The van der Waals surface area contributed by atoms with Gasteiger partial charge in [-0.15, -0.1) is 0 Å². The van der Waals surface area contributed by atoms with Gasteiger partial charge in [-0.2, -0.15) is 0 Å². The Morgan fingerprint density at radius 3 is 2.58 bits per heavy atom. The zero-order valence-corrected chi connectivity index (χ0v) is 14.5. The highest BCUT2D eigenvalue weighted by Crippen LogP contribution is 2.33. The lowest BCUT2D eigenvalue weighted by Gasteiger charge is -2.32. The second-order valence-corrected chi connectivity index (χ2v) is 6.97. The van der Waals surface area contributed by atoms with E-state index in [9.17, 15) is 10.2 Å². The molecule has 0 unspecified atom stereocenters. The molecule has 3 rings (SSSR count). The second-order valence-electron chi connectivity index (χ2n) is 6.57. The lowest BCUT2D eigenvalue weighted by Crippen LogP contribution is -2.33. The molecule has 1 heterocycles. The molecule has 0 radical (unpaired) electrons. The Bertz CT molecular complexity index is 684. The minimum Gasteiger partial charge on any atom is -0.394 e. The molecule has 0 saturated carbocycles. The standard InChI is InChI=1S/C20H23ClO3/c1-13-2-4-14(5-3-13)8-16-9-15(6-7-19(16)21)20-11-17(23)10-18(12-22)24-20/h2-7,9,17-18,20,22-23H,8,10-12H2,1H3/t17-,18-,20+/m0/s1. The first kappa shape index (κ1) is 17.4. The monoisotopic (exact) mass is 346 g/mol. The Labute approximate surface area is 147 Å². The zero-order chi connectivity index (χ0) is 17.1. The molecule has 0 amide bonds. The van der Waals surface area contributed by atoms with Crippen LogP contribution in [0.2, 0.25) is 5.02 Å². The average Bonchev–Trinajstić information content (AvgIpc) is 2.58. The molecule has 1 aliphatic rings. The van der Waals surface area contributed by atoms with Gasteiger partial charge in [0.25, 0.3) is 0 Å². The molecule has 3 atom stereocenters. The summed E-state index contributed by atoms with van der Waals surface area (Å²) in [6.45, 7) is 2.00. The van der Waals surface area contributed by atoms with Gasteiger partial charge >= 0.3 is 0 Å². The summed E-state index contributed by atoms with van der Waals surface area (Å²) < 4.78 is 5.90. The van der Waals surface area contributed by atoms with E-state index in [-0.39, 0.29) is 18.8 Å². The van der Waals surface area contributed by atoms with Crippen molar-refractivity contribution >= 4 is 11.6 Å². The van der Waals surface area contributed by atoms with Crippen LogP contribution in [0.4, 0.5) is 0 Å². The van der Waals surface area contributed by atoms with Gasteiger partial charge in [-0.05, 0) is 36.1 Å². The van der Waals surface area contributed by atoms with Crippen LogP contribution in [0, 0.1) is 6.92 Å². The molecule has 0 aromatic heterocycles. The summed E-state index contributed by atoms with van der Waals surface area (Å²) in [7, 11) is 0. The molecule has 2 N–H and O–H groups in total. The summed E-state index contributed by atoms with van der Waals surface area (Å²) >= 11 is 6.37. The van der Waals surface area contributed by atoms with Crippen LogP contribution >= 0.6 is 11.6 Å². The fourth-order valence-electron chi connectivity index (χ4n) is 3.18. The van der Waals surface area contributed by atoms with Crippen LogP contribution < -0.4 is 0 Å². The van der Waals surface area contributed by atoms with Crippen molar-refractivity contribution < 1.29 is 14.9 Å². The Kier molecular flexibility index (Phi) is 5.57. The maximum Gasteiger partial charge on any atom is 0.0854 e. The van der Waals surface area contributed by atoms with E-state index in [1.54, 1.807) is 0 Å². The zero-order valence-electron chi connectivity index (χ0n) is 13.8. The summed E-state index contributed by atoms with van der Waals surface area (Å²) in [5, 5.41) is 20.1. The third kappa shape index (κ3) is 4.17. The van der Waals surface area contributed by atoms with Gasteiger partial charge in [0.05, 0.1) is 24.9 Å². The maximum absolute atomic E-state index is 10.0. The van der Waals surface area contributed by atoms with Crippen molar-refractivity contribution in [2.45, 2.75) is 44.5 Å². The number of aliphatic hydroxyl groups is 2. The quantitative estimate of drug-likeness (QED) is 0.885. The van der Waals surface area contributed by atoms with E-state index in [0.29, 0.717) is 12.8 Å². The van der Waals surface area contributed by atoms with E-state index < -0.39 is 6.10 Å². The molecule has 2 aromatic rings.